The van der Waals surface area contributed by atoms with Crippen LogP contribution < -0.4 is 17.2 Å². The zero-order valence-corrected chi connectivity index (χ0v) is 14.1. The van der Waals surface area contributed by atoms with Crippen molar-refractivity contribution in [2.45, 2.75) is 39.5 Å². The van der Waals surface area contributed by atoms with Gasteiger partial charge in [-0.25, -0.2) is 9.97 Å². The highest BCUT2D eigenvalue weighted by atomic mass is 16.1. The zero-order valence-electron chi connectivity index (χ0n) is 14.1. The molecule has 2 heterocycles. The molecule has 0 radical (unpaired) electrons. The third kappa shape index (κ3) is 6.69. The SMILES string of the molecule is CCCc1nc(N)nc(C#N)n1.CCCc1nc(N)nc(C(N)=O)n1. The van der Waals surface area contributed by atoms with Crippen LogP contribution >= 0.6 is 0 Å². The number of nitrogen functional groups attached to an aromatic ring is 2. The lowest BCUT2D eigenvalue weighted by Gasteiger charge is -2.00. The van der Waals surface area contributed by atoms with Crippen LogP contribution in [0.25, 0.3) is 0 Å². The van der Waals surface area contributed by atoms with E-state index in [0.717, 1.165) is 19.3 Å². The van der Waals surface area contributed by atoms with Crippen LogP contribution in [0.2, 0.25) is 0 Å². The van der Waals surface area contributed by atoms with E-state index in [9.17, 15) is 4.79 Å². The lowest BCUT2D eigenvalue weighted by Crippen LogP contribution is -2.18. The summed E-state index contributed by atoms with van der Waals surface area (Å²) in [5.74, 6) is 0.566. The van der Waals surface area contributed by atoms with E-state index in [4.69, 9.17) is 22.5 Å². The summed E-state index contributed by atoms with van der Waals surface area (Å²) in [5.41, 5.74) is 15.7. The number of hydrogen-bond donors (Lipinski definition) is 3. The van der Waals surface area contributed by atoms with Crippen LogP contribution in [-0.2, 0) is 12.8 Å². The van der Waals surface area contributed by atoms with Crippen LogP contribution in [0.15, 0.2) is 0 Å². The van der Waals surface area contributed by atoms with Gasteiger partial charge in [-0.15, -0.1) is 0 Å². The highest BCUT2D eigenvalue weighted by molar-refractivity contribution is 5.88. The molecule has 0 aliphatic heterocycles. The molecule has 0 saturated carbocycles. The summed E-state index contributed by atoms with van der Waals surface area (Å²) in [5, 5.41) is 8.50. The molecule has 0 saturated heterocycles. The molecule has 6 N–H and O–H groups in total. The molecule has 0 aromatic carbocycles. The average Bonchev–Trinajstić information content (AvgIpc) is 2.55. The van der Waals surface area contributed by atoms with Crippen molar-refractivity contribution in [1.82, 2.24) is 29.9 Å². The Labute approximate surface area is 144 Å². The highest BCUT2D eigenvalue weighted by Crippen LogP contribution is 2.00. The number of aryl methyl sites for hydroxylation is 2. The van der Waals surface area contributed by atoms with Gasteiger partial charge in [0.2, 0.25) is 23.5 Å². The van der Waals surface area contributed by atoms with Gasteiger partial charge in [0, 0.05) is 12.8 Å². The Morgan fingerprint density at radius 1 is 0.920 bits per heavy atom. The molecular formula is C14H20N10O. The number of nitrogens with zero attached hydrogens (tertiary/aromatic N) is 7. The zero-order chi connectivity index (χ0) is 18.8. The van der Waals surface area contributed by atoms with Crippen molar-refractivity contribution in [3.63, 3.8) is 0 Å². The lowest BCUT2D eigenvalue weighted by molar-refractivity contribution is 0.0990. The largest absolute Gasteiger partial charge is 0.368 e. The van der Waals surface area contributed by atoms with E-state index in [2.05, 4.69) is 29.9 Å². The number of nitrogens with two attached hydrogens (primary N) is 3. The molecule has 132 valence electrons. The van der Waals surface area contributed by atoms with E-state index in [1.54, 1.807) is 0 Å². The molecule has 0 atom stereocenters. The topological polar surface area (TPSA) is 196 Å². The summed E-state index contributed by atoms with van der Waals surface area (Å²) in [6.07, 6.45) is 3.18. The second kappa shape index (κ2) is 9.66. The number of rotatable bonds is 5. The maximum absolute atomic E-state index is 10.7. The van der Waals surface area contributed by atoms with Crippen LogP contribution in [0.4, 0.5) is 11.9 Å². The summed E-state index contributed by atoms with van der Waals surface area (Å²) < 4.78 is 0. The first kappa shape index (κ1) is 19.6. The van der Waals surface area contributed by atoms with Gasteiger partial charge in [0.1, 0.15) is 17.7 Å². The fourth-order valence-corrected chi connectivity index (χ4v) is 1.71. The minimum absolute atomic E-state index is 0.0345. The smallest absolute Gasteiger partial charge is 0.286 e. The molecule has 0 unspecified atom stereocenters. The number of amides is 1. The first-order chi connectivity index (χ1) is 11.9. The van der Waals surface area contributed by atoms with Crippen LogP contribution in [0, 0.1) is 11.3 Å². The molecule has 1 amide bonds. The average molecular weight is 344 g/mol. The second-order valence-corrected chi connectivity index (χ2v) is 4.84. The second-order valence-electron chi connectivity index (χ2n) is 4.84. The quantitative estimate of drug-likeness (QED) is 0.651. The first-order valence-electron chi connectivity index (χ1n) is 7.60. The summed E-state index contributed by atoms with van der Waals surface area (Å²) in [6.45, 7) is 3.98. The maximum atomic E-state index is 10.7. The van der Waals surface area contributed by atoms with Crippen molar-refractivity contribution < 1.29 is 4.79 Å². The number of nitriles is 1. The monoisotopic (exact) mass is 344 g/mol. The van der Waals surface area contributed by atoms with E-state index in [0.29, 0.717) is 18.1 Å². The van der Waals surface area contributed by atoms with Gasteiger partial charge in [0.15, 0.2) is 0 Å². The van der Waals surface area contributed by atoms with Crippen molar-refractivity contribution in [3.05, 3.63) is 23.3 Å². The van der Waals surface area contributed by atoms with E-state index in [1.807, 2.05) is 19.9 Å². The molecule has 25 heavy (non-hydrogen) atoms. The Morgan fingerprint density at radius 3 is 1.92 bits per heavy atom. The number of carbonyl (C=O) groups excluding carboxylic acids is 1. The van der Waals surface area contributed by atoms with Crippen LogP contribution in [0.5, 0.6) is 0 Å². The molecule has 2 aromatic heterocycles. The Hall–Kier alpha value is -3.42. The highest BCUT2D eigenvalue weighted by Gasteiger charge is 2.08. The Morgan fingerprint density at radius 2 is 1.44 bits per heavy atom. The molecule has 0 bridgehead atoms. The number of carbonyl (C=O) groups is 1. The first-order valence-corrected chi connectivity index (χ1v) is 7.60. The normalized spacial score (nSPS) is 9.64. The van der Waals surface area contributed by atoms with E-state index in [-0.39, 0.29) is 23.5 Å². The van der Waals surface area contributed by atoms with Crippen molar-refractivity contribution in [2.24, 2.45) is 5.73 Å². The summed E-state index contributed by atoms with van der Waals surface area (Å²) in [4.78, 5) is 33.4. The van der Waals surface area contributed by atoms with Crippen molar-refractivity contribution >= 4 is 17.8 Å². The predicted molar refractivity (Wildman–Crippen MR) is 89.7 cm³/mol. The third-order valence-electron chi connectivity index (χ3n) is 2.67. The Balaban J connectivity index is 0.000000251. The van der Waals surface area contributed by atoms with Crippen molar-refractivity contribution in [1.29, 1.82) is 5.26 Å². The molecule has 11 nitrogen and oxygen atoms in total. The van der Waals surface area contributed by atoms with Gasteiger partial charge < -0.3 is 17.2 Å². The van der Waals surface area contributed by atoms with Gasteiger partial charge >= 0.3 is 0 Å². The molecule has 11 heteroatoms. The number of primary amides is 1. The molecule has 0 aliphatic carbocycles. The van der Waals surface area contributed by atoms with Gasteiger partial charge in [-0.2, -0.15) is 25.2 Å². The molecular weight excluding hydrogens is 324 g/mol. The minimum Gasteiger partial charge on any atom is -0.368 e. The number of anilines is 2. The summed E-state index contributed by atoms with van der Waals surface area (Å²) >= 11 is 0. The van der Waals surface area contributed by atoms with Gasteiger partial charge in [0.25, 0.3) is 5.91 Å². The van der Waals surface area contributed by atoms with E-state index >= 15 is 0 Å². The predicted octanol–water partition coefficient (Wildman–Crippen LogP) is -0.217. The fourth-order valence-electron chi connectivity index (χ4n) is 1.71. The summed E-state index contributed by atoms with van der Waals surface area (Å²) in [7, 11) is 0. The maximum Gasteiger partial charge on any atom is 0.286 e. The van der Waals surface area contributed by atoms with Crippen LogP contribution in [-0.4, -0.2) is 35.8 Å². The Kier molecular flexibility index (Phi) is 7.58. The van der Waals surface area contributed by atoms with E-state index < -0.39 is 5.91 Å². The third-order valence-corrected chi connectivity index (χ3v) is 2.67. The lowest BCUT2D eigenvalue weighted by atomic mass is 10.3. The summed E-state index contributed by atoms with van der Waals surface area (Å²) in [6, 6.07) is 1.82. The Bertz CT molecular complexity index is 771. The molecule has 0 aliphatic rings. The number of aromatic nitrogens is 6. The van der Waals surface area contributed by atoms with Crippen molar-refractivity contribution in [2.75, 3.05) is 11.5 Å². The fraction of sp³-hybridized carbons (Fsp3) is 0.429. The van der Waals surface area contributed by atoms with Gasteiger partial charge in [-0.05, 0) is 12.8 Å². The van der Waals surface area contributed by atoms with Crippen LogP contribution in [0.1, 0.15) is 54.8 Å². The van der Waals surface area contributed by atoms with Gasteiger partial charge in [0.05, 0.1) is 0 Å². The molecule has 2 aromatic rings. The van der Waals surface area contributed by atoms with Crippen molar-refractivity contribution in [3.8, 4) is 6.07 Å². The van der Waals surface area contributed by atoms with E-state index in [1.165, 1.54) is 0 Å². The van der Waals surface area contributed by atoms with Gasteiger partial charge in [-0.3, -0.25) is 4.79 Å². The van der Waals surface area contributed by atoms with Gasteiger partial charge in [-0.1, -0.05) is 13.8 Å². The minimum atomic E-state index is -0.688. The number of hydrogen-bond acceptors (Lipinski definition) is 10. The molecule has 0 fully saturated rings. The standard InChI is InChI=1S/C7H11N5O.C7H9N5/c1-2-3-4-10-6(5(8)13)12-7(9)11-4;1-2-3-5-10-6(4-8)12-7(9)11-5/h2-3H2,1H3,(H2,8,13)(H2,9,10,11,12);2-3H2,1H3,(H2,9,10,11,12). The van der Waals surface area contributed by atoms with Crippen LogP contribution in [0.3, 0.4) is 0 Å². The molecule has 2 rings (SSSR count). The molecule has 0 spiro atoms.